The zero-order valence-corrected chi connectivity index (χ0v) is 6.64. The molecule has 0 saturated heterocycles. The van der Waals surface area contributed by atoms with Crippen molar-refractivity contribution in [1.82, 2.24) is 4.57 Å². The van der Waals surface area contributed by atoms with Crippen molar-refractivity contribution in [3.8, 4) is 0 Å². The lowest BCUT2D eigenvalue weighted by Gasteiger charge is -2.00. The molecule has 0 aliphatic heterocycles. The lowest BCUT2D eigenvalue weighted by molar-refractivity contribution is -0.385. The van der Waals surface area contributed by atoms with Crippen molar-refractivity contribution in [2.75, 3.05) is 6.67 Å². The molecule has 0 fully saturated rings. The van der Waals surface area contributed by atoms with Crippen LogP contribution in [0.5, 0.6) is 0 Å². The maximum Gasteiger partial charge on any atom is 0.285 e. The summed E-state index contributed by atoms with van der Waals surface area (Å²) >= 11 is 0. The highest BCUT2D eigenvalue weighted by Crippen LogP contribution is 2.05. The number of nitro groups is 1. The average molecular weight is 186 g/mol. The fraction of sp³-hybridized carbons (Fsp3) is 0.286. The second-order valence-corrected chi connectivity index (χ2v) is 2.37. The molecule has 1 aromatic rings. The molecule has 0 radical (unpaired) electrons. The van der Waals surface area contributed by atoms with Crippen LogP contribution in [0.2, 0.25) is 0 Å². The number of alkyl halides is 1. The molecule has 6 heteroatoms. The van der Waals surface area contributed by atoms with Crippen LogP contribution >= 0.6 is 0 Å². The number of rotatable bonds is 3. The Morgan fingerprint density at radius 2 is 2.23 bits per heavy atom. The van der Waals surface area contributed by atoms with Gasteiger partial charge >= 0.3 is 0 Å². The van der Waals surface area contributed by atoms with Crippen molar-refractivity contribution in [2.45, 2.75) is 6.54 Å². The normalized spacial score (nSPS) is 9.92. The summed E-state index contributed by atoms with van der Waals surface area (Å²) in [6.45, 7) is -0.873. The third-order valence-corrected chi connectivity index (χ3v) is 1.50. The summed E-state index contributed by atoms with van der Waals surface area (Å²) in [4.78, 5) is 20.6. The Bertz CT molecular complexity index is 374. The molecule has 0 saturated carbocycles. The third kappa shape index (κ3) is 2.11. The molecule has 1 aromatic heterocycles. The Morgan fingerprint density at radius 3 is 2.77 bits per heavy atom. The van der Waals surface area contributed by atoms with Gasteiger partial charge in [0.05, 0.1) is 17.7 Å². The molecule has 0 atom stereocenters. The molecule has 0 amide bonds. The van der Waals surface area contributed by atoms with Crippen LogP contribution in [-0.4, -0.2) is 16.2 Å². The van der Waals surface area contributed by atoms with Gasteiger partial charge in [0.1, 0.15) is 6.67 Å². The predicted octanol–water partition coefficient (Wildman–Crippen LogP) is 0.726. The first kappa shape index (κ1) is 9.37. The van der Waals surface area contributed by atoms with E-state index in [1.54, 1.807) is 0 Å². The van der Waals surface area contributed by atoms with E-state index in [4.69, 9.17) is 0 Å². The van der Waals surface area contributed by atoms with Gasteiger partial charge in [-0.25, -0.2) is 4.39 Å². The van der Waals surface area contributed by atoms with Crippen molar-refractivity contribution >= 4 is 5.69 Å². The van der Waals surface area contributed by atoms with Crippen molar-refractivity contribution in [2.24, 2.45) is 0 Å². The second-order valence-electron chi connectivity index (χ2n) is 2.37. The van der Waals surface area contributed by atoms with E-state index in [0.29, 0.717) is 0 Å². The second kappa shape index (κ2) is 3.79. The summed E-state index contributed by atoms with van der Waals surface area (Å²) in [6.07, 6.45) is 1.03. The summed E-state index contributed by atoms with van der Waals surface area (Å²) in [5.41, 5.74) is -0.656. The molecule has 0 aromatic carbocycles. The molecule has 13 heavy (non-hydrogen) atoms. The standard InChI is InChI=1S/C7H7FN2O3/c8-3-4-9-5-6(10(12)13)1-2-7(9)11/h1-2,5H,3-4H2. The number of pyridine rings is 1. The number of aryl methyl sites for hydroxylation is 1. The summed E-state index contributed by atoms with van der Waals surface area (Å²) < 4.78 is 12.8. The first-order valence-electron chi connectivity index (χ1n) is 3.56. The maximum atomic E-state index is 11.9. The smallest absolute Gasteiger partial charge is 0.285 e. The van der Waals surface area contributed by atoms with E-state index in [9.17, 15) is 19.3 Å². The van der Waals surface area contributed by atoms with Gasteiger partial charge in [-0.1, -0.05) is 0 Å². The van der Waals surface area contributed by atoms with Crippen LogP contribution in [0.15, 0.2) is 23.1 Å². The van der Waals surface area contributed by atoms with Crippen LogP contribution in [0, 0.1) is 10.1 Å². The molecule has 0 bridgehead atoms. The Balaban J connectivity index is 3.11. The molecule has 1 heterocycles. The van der Waals surface area contributed by atoms with Gasteiger partial charge in [0.2, 0.25) is 0 Å². The first-order chi connectivity index (χ1) is 6.15. The van der Waals surface area contributed by atoms with Gasteiger partial charge in [0.15, 0.2) is 0 Å². The Labute approximate surface area is 72.6 Å². The van der Waals surface area contributed by atoms with E-state index < -0.39 is 17.2 Å². The van der Waals surface area contributed by atoms with E-state index in [-0.39, 0.29) is 12.2 Å². The van der Waals surface area contributed by atoms with E-state index in [1.807, 2.05) is 0 Å². The van der Waals surface area contributed by atoms with Crippen LogP contribution in [0.25, 0.3) is 0 Å². The summed E-state index contributed by atoms with van der Waals surface area (Å²) in [6, 6.07) is 2.14. The van der Waals surface area contributed by atoms with E-state index in [1.165, 1.54) is 0 Å². The minimum absolute atomic E-state index is 0.152. The van der Waals surface area contributed by atoms with Crippen molar-refractivity contribution in [3.63, 3.8) is 0 Å². The van der Waals surface area contributed by atoms with Gasteiger partial charge in [0.25, 0.3) is 11.2 Å². The number of hydrogen-bond acceptors (Lipinski definition) is 3. The highest BCUT2D eigenvalue weighted by Gasteiger charge is 2.06. The summed E-state index contributed by atoms with van der Waals surface area (Å²) in [7, 11) is 0. The predicted molar refractivity (Wildman–Crippen MR) is 43.3 cm³/mol. The Morgan fingerprint density at radius 1 is 1.54 bits per heavy atom. The average Bonchev–Trinajstić information content (AvgIpc) is 2.08. The third-order valence-electron chi connectivity index (χ3n) is 1.50. The minimum Gasteiger partial charge on any atom is -0.306 e. The van der Waals surface area contributed by atoms with Crippen LogP contribution in [0.1, 0.15) is 0 Å². The SMILES string of the molecule is O=c1ccc([N+](=O)[O-])cn1CCF. The largest absolute Gasteiger partial charge is 0.306 e. The molecule has 1 rings (SSSR count). The molecule has 0 aliphatic carbocycles. The number of aromatic nitrogens is 1. The van der Waals surface area contributed by atoms with Gasteiger partial charge in [-0.05, 0) is 0 Å². The van der Waals surface area contributed by atoms with Gasteiger partial charge in [-0.15, -0.1) is 0 Å². The lowest BCUT2D eigenvalue weighted by atomic mass is 10.4. The summed E-state index contributed by atoms with van der Waals surface area (Å²) in [5.74, 6) is 0. The van der Waals surface area contributed by atoms with Crippen molar-refractivity contribution < 1.29 is 9.31 Å². The monoisotopic (exact) mass is 186 g/mol. The molecule has 0 spiro atoms. The van der Waals surface area contributed by atoms with Gasteiger partial charge in [-0.2, -0.15) is 0 Å². The Hall–Kier alpha value is -1.72. The topological polar surface area (TPSA) is 65.1 Å². The van der Waals surface area contributed by atoms with E-state index in [0.717, 1.165) is 22.9 Å². The fourth-order valence-corrected chi connectivity index (χ4v) is 0.893. The number of nitrogens with zero attached hydrogens (tertiary/aromatic N) is 2. The number of hydrogen-bond donors (Lipinski definition) is 0. The maximum absolute atomic E-state index is 11.9. The summed E-state index contributed by atoms with van der Waals surface area (Å²) in [5, 5.41) is 10.3. The number of halogens is 1. The minimum atomic E-state index is -0.721. The van der Waals surface area contributed by atoms with Crippen molar-refractivity contribution in [1.29, 1.82) is 0 Å². The molecular weight excluding hydrogens is 179 g/mol. The van der Waals surface area contributed by atoms with E-state index >= 15 is 0 Å². The molecule has 5 nitrogen and oxygen atoms in total. The zero-order chi connectivity index (χ0) is 9.84. The Kier molecular flexibility index (Phi) is 2.73. The molecular formula is C7H7FN2O3. The highest BCUT2D eigenvalue weighted by atomic mass is 19.1. The van der Waals surface area contributed by atoms with E-state index in [2.05, 4.69) is 0 Å². The van der Waals surface area contributed by atoms with Crippen LogP contribution in [0.3, 0.4) is 0 Å². The van der Waals surface area contributed by atoms with Gasteiger partial charge in [0, 0.05) is 12.1 Å². The first-order valence-corrected chi connectivity index (χ1v) is 3.56. The molecule has 70 valence electrons. The zero-order valence-electron chi connectivity index (χ0n) is 6.64. The lowest BCUT2D eigenvalue weighted by Crippen LogP contribution is -2.19. The molecule has 0 aliphatic rings. The highest BCUT2D eigenvalue weighted by molar-refractivity contribution is 5.24. The molecule has 0 N–H and O–H groups in total. The van der Waals surface area contributed by atoms with Gasteiger partial charge in [-0.3, -0.25) is 14.9 Å². The van der Waals surface area contributed by atoms with Crippen LogP contribution < -0.4 is 5.56 Å². The quantitative estimate of drug-likeness (QED) is 0.516. The van der Waals surface area contributed by atoms with Crippen LogP contribution in [-0.2, 0) is 6.54 Å². The van der Waals surface area contributed by atoms with Crippen LogP contribution in [0.4, 0.5) is 10.1 Å². The van der Waals surface area contributed by atoms with Crippen molar-refractivity contribution in [3.05, 3.63) is 38.8 Å². The fourth-order valence-electron chi connectivity index (χ4n) is 0.893. The van der Waals surface area contributed by atoms with Gasteiger partial charge < -0.3 is 4.57 Å². The molecule has 0 unspecified atom stereocenters.